The van der Waals surface area contributed by atoms with Crippen LogP contribution in [0.25, 0.3) is 10.1 Å². The SMILES string of the molecule is Cc1cc2c(cc1N1c3cc4c(cc3B3c5sc6ccc(C(C)(C)C)cc6c5N(c5ccc(C(C)(C)C)cc5)c5cc(N(c6ccccc6)c6ccccc6)cc1c53)C(C)(C)CCC4(C)C)C(C)(C)CCC2(C)C. The molecule has 12 rings (SSSR count). The molecule has 0 fully saturated rings. The van der Waals surface area contributed by atoms with Crippen molar-refractivity contribution in [2.45, 2.75) is 162 Å². The van der Waals surface area contributed by atoms with E-state index in [1.807, 2.05) is 11.3 Å². The molecule has 2 aliphatic heterocycles. The van der Waals surface area contributed by atoms with Gasteiger partial charge in [0.15, 0.2) is 0 Å². The summed E-state index contributed by atoms with van der Waals surface area (Å²) in [5, 5.41) is 1.33. The second-order valence-corrected chi connectivity index (χ2v) is 28.3. The summed E-state index contributed by atoms with van der Waals surface area (Å²) in [6, 6.07) is 54.7. The second kappa shape index (κ2) is 16.5. The van der Waals surface area contributed by atoms with Crippen LogP contribution in [0, 0.1) is 6.92 Å². The lowest BCUT2D eigenvalue weighted by molar-refractivity contribution is 0.331. The van der Waals surface area contributed by atoms with Crippen molar-refractivity contribution >= 4 is 95.0 Å². The van der Waals surface area contributed by atoms with E-state index in [1.165, 1.54) is 105 Å². The molecule has 0 saturated heterocycles. The van der Waals surface area contributed by atoms with Crippen molar-refractivity contribution in [2.24, 2.45) is 0 Å². The Balaban J connectivity index is 1.27. The van der Waals surface area contributed by atoms with Crippen LogP contribution >= 0.6 is 11.3 Å². The molecule has 0 saturated carbocycles. The summed E-state index contributed by atoms with van der Waals surface area (Å²) in [7, 11) is 0. The molecule has 3 heterocycles. The number of para-hydroxylation sites is 2. The molecule has 1 aromatic heterocycles. The molecule has 8 aromatic rings. The van der Waals surface area contributed by atoms with Crippen molar-refractivity contribution in [3.05, 3.63) is 178 Å². The quantitative estimate of drug-likeness (QED) is 0.159. The van der Waals surface area contributed by atoms with Gasteiger partial charge < -0.3 is 14.7 Å². The lowest BCUT2D eigenvalue weighted by Gasteiger charge is -2.48. The zero-order valence-electron chi connectivity index (χ0n) is 46.9. The Kier molecular flexibility index (Phi) is 10.9. The van der Waals surface area contributed by atoms with Crippen LogP contribution in [0.15, 0.2) is 140 Å². The predicted octanol–water partition coefficient (Wildman–Crippen LogP) is 18.1. The Morgan fingerprint density at radius 1 is 0.473 bits per heavy atom. The molecular weight excluding hydrogens is 914 g/mol. The zero-order chi connectivity index (χ0) is 52.2. The van der Waals surface area contributed by atoms with Crippen LogP contribution in [0.4, 0.5) is 51.2 Å². The molecule has 2 aliphatic carbocycles. The van der Waals surface area contributed by atoms with Gasteiger partial charge in [0, 0.05) is 54.7 Å². The highest BCUT2D eigenvalue weighted by atomic mass is 32.1. The molecule has 0 unspecified atom stereocenters. The van der Waals surface area contributed by atoms with E-state index in [9.17, 15) is 0 Å². The molecule has 0 radical (unpaired) electrons. The fourth-order valence-corrected chi connectivity index (χ4v) is 14.6. The normalized spacial score (nSPS) is 17.8. The number of benzene rings is 7. The first-order valence-corrected chi connectivity index (χ1v) is 28.4. The lowest BCUT2D eigenvalue weighted by atomic mass is 9.35. The van der Waals surface area contributed by atoms with Gasteiger partial charge in [0.25, 0.3) is 6.71 Å². The third-order valence-electron chi connectivity index (χ3n) is 18.2. The van der Waals surface area contributed by atoms with Crippen LogP contribution in [-0.2, 0) is 32.5 Å². The monoisotopic (exact) mass is 990 g/mol. The van der Waals surface area contributed by atoms with Gasteiger partial charge in [-0.15, -0.1) is 11.3 Å². The largest absolute Gasteiger partial charge is 0.311 e. The minimum atomic E-state index is -0.0209. The maximum atomic E-state index is 2.75. The van der Waals surface area contributed by atoms with Gasteiger partial charge in [-0.1, -0.05) is 164 Å². The van der Waals surface area contributed by atoms with E-state index in [2.05, 4.69) is 258 Å². The molecule has 5 heteroatoms. The number of anilines is 9. The lowest BCUT2D eigenvalue weighted by Crippen LogP contribution is -2.61. The fraction of sp³-hybridized carbons (Fsp3) is 0.362. The summed E-state index contributed by atoms with van der Waals surface area (Å²) in [6.07, 6.45) is 4.66. The van der Waals surface area contributed by atoms with Crippen molar-refractivity contribution in [1.82, 2.24) is 0 Å². The molecule has 7 aromatic carbocycles. The first kappa shape index (κ1) is 48.9. The number of fused-ring (bicyclic) bond motifs is 8. The second-order valence-electron chi connectivity index (χ2n) is 27.3. The van der Waals surface area contributed by atoms with Crippen molar-refractivity contribution in [3.8, 4) is 0 Å². The summed E-state index contributed by atoms with van der Waals surface area (Å²) >= 11 is 2.02. The third kappa shape index (κ3) is 7.63. The smallest absolute Gasteiger partial charge is 0.264 e. The summed E-state index contributed by atoms with van der Waals surface area (Å²) in [4.78, 5) is 7.92. The van der Waals surface area contributed by atoms with Gasteiger partial charge in [0.05, 0.1) is 11.4 Å². The molecular formula is C69H76BN3S. The van der Waals surface area contributed by atoms with Gasteiger partial charge in [-0.05, 0) is 188 Å². The Bertz CT molecular complexity index is 3510. The maximum absolute atomic E-state index is 2.75. The average molecular weight is 990 g/mol. The van der Waals surface area contributed by atoms with Gasteiger partial charge in [0.2, 0.25) is 0 Å². The molecule has 0 bridgehead atoms. The highest BCUT2D eigenvalue weighted by molar-refractivity contribution is 7.33. The number of nitrogens with zero attached hydrogens (tertiary/aromatic N) is 3. The summed E-state index contributed by atoms with van der Waals surface area (Å²) < 4.78 is 2.76. The molecule has 0 N–H and O–H groups in total. The number of hydrogen-bond donors (Lipinski definition) is 0. The van der Waals surface area contributed by atoms with Gasteiger partial charge in [0.1, 0.15) is 0 Å². The summed E-state index contributed by atoms with van der Waals surface area (Å²) in [5.74, 6) is 0. The van der Waals surface area contributed by atoms with Crippen LogP contribution in [0.5, 0.6) is 0 Å². The van der Waals surface area contributed by atoms with E-state index < -0.39 is 0 Å². The van der Waals surface area contributed by atoms with Crippen molar-refractivity contribution < 1.29 is 0 Å². The predicted molar refractivity (Wildman–Crippen MR) is 323 cm³/mol. The van der Waals surface area contributed by atoms with E-state index >= 15 is 0 Å². The number of rotatable bonds is 5. The highest BCUT2D eigenvalue weighted by Gasteiger charge is 2.49. The Morgan fingerprint density at radius 2 is 0.946 bits per heavy atom. The first-order valence-electron chi connectivity index (χ1n) is 27.5. The van der Waals surface area contributed by atoms with E-state index in [0.717, 1.165) is 36.3 Å². The number of aryl methyl sites for hydroxylation is 1. The number of thiophene rings is 1. The molecule has 0 amide bonds. The third-order valence-corrected chi connectivity index (χ3v) is 19.4. The Labute approximate surface area is 447 Å². The Hall–Kier alpha value is -6.04. The minimum absolute atomic E-state index is 0.00256. The molecule has 74 heavy (non-hydrogen) atoms. The first-order chi connectivity index (χ1) is 34.8. The van der Waals surface area contributed by atoms with Crippen LogP contribution in [-0.4, -0.2) is 6.71 Å². The van der Waals surface area contributed by atoms with E-state index in [-0.39, 0.29) is 39.2 Å². The van der Waals surface area contributed by atoms with Gasteiger partial charge >= 0.3 is 0 Å². The average Bonchev–Trinajstić information content (AvgIpc) is 3.78. The summed E-state index contributed by atoms with van der Waals surface area (Å²) in [6.45, 7) is 36.3. The van der Waals surface area contributed by atoms with E-state index in [0.29, 0.717) is 0 Å². The van der Waals surface area contributed by atoms with E-state index in [4.69, 9.17) is 0 Å². The number of hydrogen-bond acceptors (Lipinski definition) is 4. The molecule has 4 aliphatic rings. The highest BCUT2D eigenvalue weighted by Crippen LogP contribution is 2.56. The maximum Gasteiger partial charge on any atom is 0.264 e. The van der Waals surface area contributed by atoms with Gasteiger partial charge in [-0.3, -0.25) is 0 Å². The van der Waals surface area contributed by atoms with Crippen molar-refractivity contribution in [3.63, 3.8) is 0 Å². The molecule has 376 valence electrons. The standard InChI is InChI=1S/C69H76BN3S/c1-43-36-51-53(68(12,13)34-32-66(51,8)9)41-56(43)73-57-42-54-52(67(10,11)33-35-69(54,14)15)40-55(57)70-61-58(38-49(39-59(61)73)71(46-22-18-16-19-23-46)47-24-20-17-21-25-47)72(48-29-26-44(27-30-48)64(2,3)4)62-50-37-45(65(5,6)7)28-31-60(50)74-63(62)70/h16-31,36-42H,32-35H2,1-15H3. The van der Waals surface area contributed by atoms with Crippen molar-refractivity contribution in [2.75, 3.05) is 14.7 Å². The van der Waals surface area contributed by atoms with Crippen LogP contribution in [0.2, 0.25) is 0 Å². The van der Waals surface area contributed by atoms with Gasteiger partial charge in [-0.25, -0.2) is 0 Å². The molecule has 0 spiro atoms. The fourth-order valence-electron chi connectivity index (χ4n) is 13.3. The topological polar surface area (TPSA) is 9.72 Å². The van der Waals surface area contributed by atoms with Crippen LogP contribution in [0.3, 0.4) is 0 Å². The summed E-state index contributed by atoms with van der Waals surface area (Å²) in [5.41, 5.74) is 23.9. The van der Waals surface area contributed by atoms with Crippen LogP contribution in [0.1, 0.15) is 162 Å². The van der Waals surface area contributed by atoms with Gasteiger partial charge in [-0.2, -0.15) is 0 Å². The zero-order valence-corrected chi connectivity index (χ0v) is 47.8. The van der Waals surface area contributed by atoms with Crippen LogP contribution < -0.4 is 30.4 Å². The van der Waals surface area contributed by atoms with E-state index in [1.54, 1.807) is 0 Å². The van der Waals surface area contributed by atoms with Crippen molar-refractivity contribution in [1.29, 1.82) is 0 Å². The minimum Gasteiger partial charge on any atom is -0.311 e. The molecule has 3 nitrogen and oxygen atoms in total. The Morgan fingerprint density at radius 3 is 1.47 bits per heavy atom. The molecule has 0 atom stereocenters.